The zero-order valence-corrected chi connectivity index (χ0v) is 11.3. The number of hydrogen-bond acceptors (Lipinski definition) is 6. The molecule has 10 heteroatoms. The highest BCUT2D eigenvalue weighted by Gasteiger charge is 2.24. The van der Waals surface area contributed by atoms with Gasteiger partial charge in [0.2, 0.25) is 0 Å². The van der Waals surface area contributed by atoms with E-state index < -0.39 is 11.9 Å². The Morgan fingerprint density at radius 3 is 2.82 bits per heavy atom. The predicted molar refractivity (Wildman–Crippen MR) is 70.7 cm³/mol. The fourth-order valence-electron chi connectivity index (χ4n) is 1.83. The number of H-pyrrole nitrogens is 1. The van der Waals surface area contributed by atoms with E-state index in [0.29, 0.717) is 0 Å². The molecule has 0 spiro atoms. The number of carboxylic acid groups (broad SMARTS) is 1. The van der Waals surface area contributed by atoms with Crippen molar-refractivity contribution in [2.45, 2.75) is 6.42 Å². The molecule has 0 aromatic carbocycles. The number of carbonyl (C=O) groups excluding carboxylic acids is 1. The van der Waals surface area contributed by atoms with Crippen molar-refractivity contribution in [3.63, 3.8) is 0 Å². The number of aromatic amines is 1. The van der Waals surface area contributed by atoms with Crippen molar-refractivity contribution in [2.75, 3.05) is 5.32 Å². The molecule has 0 bridgehead atoms. The molecular formula is C12H9N7O3. The molecule has 10 nitrogen and oxygen atoms in total. The minimum atomic E-state index is -1.30. The van der Waals surface area contributed by atoms with Gasteiger partial charge in [0.15, 0.2) is 5.82 Å². The number of nitrogens with zero attached hydrogens (tertiary/aromatic N) is 5. The maximum absolute atomic E-state index is 12.2. The molecular weight excluding hydrogens is 290 g/mol. The summed E-state index contributed by atoms with van der Waals surface area (Å²) in [4.78, 5) is 23.3. The molecule has 110 valence electrons. The first-order valence-electron chi connectivity index (χ1n) is 5.90. The van der Waals surface area contributed by atoms with Crippen LogP contribution in [0.2, 0.25) is 0 Å². The molecule has 0 aliphatic heterocycles. The van der Waals surface area contributed by atoms with Gasteiger partial charge in [-0.05, 0) is 0 Å². The van der Waals surface area contributed by atoms with E-state index in [-0.39, 0.29) is 34.8 Å². The Balaban J connectivity index is 2.35. The Labute approximate surface area is 123 Å². The van der Waals surface area contributed by atoms with Crippen molar-refractivity contribution in [3.8, 4) is 12.1 Å². The maximum atomic E-state index is 12.2. The normalized spacial score (nSPS) is 9.77. The quantitative estimate of drug-likeness (QED) is 0.717. The second kappa shape index (κ2) is 5.76. The third kappa shape index (κ3) is 2.48. The first-order valence-corrected chi connectivity index (χ1v) is 5.90. The monoisotopic (exact) mass is 299 g/mol. The fraction of sp³-hybridized carbons (Fsp3) is 0.167. The van der Waals surface area contributed by atoms with Crippen LogP contribution in [0.1, 0.15) is 32.1 Å². The molecule has 2 aromatic rings. The van der Waals surface area contributed by atoms with E-state index in [1.54, 1.807) is 0 Å². The molecule has 2 rings (SSSR count). The summed E-state index contributed by atoms with van der Waals surface area (Å²) < 4.78 is 1.10. The van der Waals surface area contributed by atoms with E-state index >= 15 is 0 Å². The molecule has 22 heavy (non-hydrogen) atoms. The molecule has 0 aliphatic carbocycles. The van der Waals surface area contributed by atoms with E-state index in [1.165, 1.54) is 7.05 Å². The van der Waals surface area contributed by atoms with Gasteiger partial charge in [-0.15, -0.1) is 0 Å². The second-order valence-electron chi connectivity index (χ2n) is 4.16. The highest BCUT2D eigenvalue weighted by atomic mass is 16.4. The Morgan fingerprint density at radius 1 is 1.50 bits per heavy atom. The van der Waals surface area contributed by atoms with E-state index in [2.05, 4.69) is 20.6 Å². The standard InChI is InChI=1S/C12H9N7O3/c1-19-9(7(5-15-19)12(21)22)11(20)16-10-6(4-14)8(2-3-13)17-18-10/h5H,2H2,1H3,(H,21,22)(H2,16,17,18,20). The van der Waals surface area contributed by atoms with Crippen LogP contribution in [0.25, 0.3) is 0 Å². The van der Waals surface area contributed by atoms with Gasteiger partial charge in [0.05, 0.1) is 24.4 Å². The van der Waals surface area contributed by atoms with Crippen LogP contribution < -0.4 is 5.32 Å². The number of amides is 1. The van der Waals surface area contributed by atoms with Crippen molar-refractivity contribution >= 4 is 17.7 Å². The predicted octanol–water partition coefficient (Wildman–Crippen LogP) is 0.0315. The van der Waals surface area contributed by atoms with E-state index in [4.69, 9.17) is 15.6 Å². The van der Waals surface area contributed by atoms with Gasteiger partial charge in [0.25, 0.3) is 5.91 Å². The molecule has 0 saturated heterocycles. The third-order valence-electron chi connectivity index (χ3n) is 2.83. The Bertz CT molecular complexity index is 834. The van der Waals surface area contributed by atoms with Gasteiger partial charge < -0.3 is 10.4 Å². The van der Waals surface area contributed by atoms with Crippen molar-refractivity contribution in [1.82, 2.24) is 20.0 Å². The molecule has 0 saturated carbocycles. The van der Waals surface area contributed by atoms with E-state index in [1.807, 2.05) is 12.1 Å². The molecule has 0 fully saturated rings. The van der Waals surface area contributed by atoms with Crippen LogP contribution in [0.4, 0.5) is 5.82 Å². The smallest absolute Gasteiger partial charge is 0.339 e. The lowest BCUT2D eigenvalue weighted by molar-refractivity contribution is 0.0692. The van der Waals surface area contributed by atoms with Gasteiger partial charge >= 0.3 is 5.97 Å². The van der Waals surface area contributed by atoms with Gasteiger partial charge in [-0.1, -0.05) is 0 Å². The van der Waals surface area contributed by atoms with Gasteiger partial charge in [-0.3, -0.25) is 14.6 Å². The van der Waals surface area contributed by atoms with Crippen LogP contribution in [-0.4, -0.2) is 37.0 Å². The molecule has 0 radical (unpaired) electrons. The lowest BCUT2D eigenvalue weighted by Crippen LogP contribution is -2.20. The number of aromatic nitrogens is 4. The zero-order valence-electron chi connectivity index (χ0n) is 11.3. The number of carbonyl (C=O) groups is 2. The fourth-order valence-corrected chi connectivity index (χ4v) is 1.83. The van der Waals surface area contributed by atoms with Crippen LogP contribution >= 0.6 is 0 Å². The van der Waals surface area contributed by atoms with E-state index in [0.717, 1.165) is 10.9 Å². The minimum Gasteiger partial charge on any atom is -0.478 e. The van der Waals surface area contributed by atoms with Gasteiger partial charge in [0.1, 0.15) is 22.9 Å². The highest BCUT2D eigenvalue weighted by Crippen LogP contribution is 2.17. The Kier molecular flexibility index (Phi) is 3.86. The number of hydrogen-bond donors (Lipinski definition) is 3. The molecule has 0 unspecified atom stereocenters. The van der Waals surface area contributed by atoms with Crippen LogP contribution in [0.15, 0.2) is 6.20 Å². The zero-order chi connectivity index (χ0) is 16.3. The average molecular weight is 299 g/mol. The lowest BCUT2D eigenvalue weighted by atomic mass is 10.2. The summed E-state index contributed by atoms with van der Waals surface area (Å²) in [5.74, 6) is -2.15. The number of anilines is 1. The van der Waals surface area contributed by atoms with Crippen LogP contribution in [0, 0.1) is 22.7 Å². The number of aromatic carboxylic acids is 1. The molecule has 3 N–H and O–H groups in total. The Hall–Kier alpha value is -3.66. The van der Waals surface area contributed by atoms with Gasteiger partial charge in [-0.25, -0.2) is 4.79 Å². The number of aryl methyl sites for hydroxylation is 1. The van der Waals surface area contributed by atoms with Gasteiger partial charge in [-0.2, -0.15) is 20.7 Å². The van der Waals surface area contributed by atoms with Crippen LogP contribution in [-0.2, 0) is 13.5 Å². The largest absolute Gasteiger partial charge is 0.478 e. The molecule has 2 aromatic heterocycles. The summed E-state index contributed by atoms with van der Waals surface area (Å²) in [5, 5.41) is 39.0. The SMILES string of the molecule is Cn1ncc(C(=O)O)c1C(=O)Nc1n[nH]c(CC#N)c1C#N. The minimum absolute atomic E-state index is 0.0222. The summed E-state index contributed by atoms with van der Waals surface area (Å²) in [6.07, 6.45) is 0.978. The Morgan fingerprint density at radius 2 is 2.23 bits per heavy atom. The van der Waals surface area contributed by atoms with Crippen molar-refractivity contribution in [3.05, 3.63) is 28.7 Å². The van der Waals surface area contributed by atoms with Crippen LogP contribution in [0.5, 0.6) is 0 Å². The number of carboxylic acids is 1. The topological polar surface area (TPSA) is 160 Å². The number of rotatable bonds is 4. The first kappa shape index (κ1) is 14.7. The summed E-state index contributed by atoms with van der Waals surface area (Å²) >= 11 is 0. The van der Waals surface area contributed by atoms with Crippen molar-refractivity contribution in [1.29, 1.82) is 10.5 Å². The summed E-state index contributed by atoms with van der Waals surface area (Å²) in [6, 6.07) is 3.69. The summed E-state index contributed by atoms with van der Waals surface area (Å²) in [5.41, 5.74) is -0.162. The second-order valence-corrected chi connectivity index (χ2v) is 4.16. The molecule has 0 atom stereocenters. The van der Waals surface area contributed by atoms with Crippen molar-refractivity contribution in [2.24, 2.45) is 7.05 Å². The van der Waals surface area contributed by atoms with Crippen LogP contribution in [0.3, 0.4) is 0 Å². The molecule has 1 amide bonds. The summed E-state index contributed by atoms with van der Waals surface area (Å²) in [7, 11) is 1.41. The summed E-state index contributed by atoms with van der Waals surface area (Å²) in [6.45, 7) is 0. The highest BCUT2D eigenvalue weighted by molar-refractivity contribution is 6.09. The lowest BCUT2D eigenvalue weighted by Gasteiger charge is -2.04. The molecule has 2 heterocycles. The van der Waals surface area contributed by atoms with Gasteiger partial charge in [0, 0.05) is 7.05 Å². The molecule has 0 aliphatic rings. The number of nitriles is 2. The maximum Gasteiger partial charge on any atom is 0.339 e. The number of nitrogens with one attached hydrogen (secondary N) is 2. The average Bonchev–Trinajstić information content (AvgIpc) is 3.03. The van der Waals surface area contributed by atoms with Crippen molar-refractivity contribution < 1.29 is 14.7 Å². The third-order valence-corrected chi connectivity index (χ3v) is 2.83. The van der Waals surface area contributed by atoms with E-state index in [9.17, 15) is 9.59 Å². The first-order chi connectivity index (χ1) is 10.5.